The maximum atomic E-state index is 6.69. The molecular formula is C15H20N2O. The molecule has 96 valence electrons. The van der Waals surface area contributed by atoms with E-state index in [0.717, 1.165) is 24.1 Å². The van der Waals surface area contributed by atoms with Crippen LogP contribution in [0.15, 0.2) is 24.4 Å². The van der Waals surface area contributed by atoms with Gasteiger partial charge in [0.1, 0.15) is 5.75 Å². The normalized spacial score (nSPS) is 19.0. The molecule has 0 atom stereocenters. The lowest BCUT2D eigenvalue weighted by Crippen LogP contribution is -2.39. The minimum atomic E-state index is -0.231. The fourth-order valence-electron chi connectivity index (χ4n) is 3.23. The Morgan fingerprint density at radius 2 is 1.94 bits per heavy atom. The van der Waals surface area contributed by atoms with Crippen LogP contribution in [0.1, 0.15) is 37.7 Å². The van der Waals surface area contributed by atoms with Gasteiger partial charge in [-0.15, -0.1) is 0 Å². The zero-order valence-corrected chi connectivity index (χ0v) is 10.8. The van der Waals surface area contributed by atoms with Crippen LogP contribution in [0, 0.1) is 0 Å². The lowest BCUT2D eigenvalue weighted by Gasteiger charge is -2.35. The first-order valence-corrected chi connectivity index (χ1v) is 6.68. The van der Waals surface area contributed by atoms with Crippen molar-refractivity contribution in [3.8, 4) is 5.75 Å². The summed E-state index contributed by atoms with van der Waals surface area (Å²) in [6.45, 7) is 0. The van der Waals surface area contributed by atoms with Crippen molar-refractivity contribution in [2.45, 2.75) is 37.6 Å². The topological polar surface area (TPSA) is 51.0 Å². The molecule has 2 aromatic rings. The first-order chi connectivity index (χ1) is 8.74. The zero-order chi connectivity index (χ0) is 12.6. The molecule has 0 unspecified atom stereocenters. The van der Waals surface area contributed by atoms with E-state index in [1.165, 1.54) is 30.2 Å². The van der Waals surface area contributed by atoms with Crippen LogP contribution >= 0.6 is 0 Å². The predicted octanol–water partition coefficient (Wildman–Crippen LogP) is 3.29. The largest absolute Gasteiger partial charge is 0.496 e. The van der Waals surface area contributed by atoms with Crippen LogP contribution in [-0.2, 0) is 5.54 Å². The summed E-state index contributed by atoms with van der Waals surface area (Å²) in [6, 6.07) is 6.19. The van der Waals surface area contributed by atoms with Crippen molar-refractivity contribution in [1.29, 1.82) is 0 Å². The van der Waals surface area contributed by atoms with Crippen LogP contribution in [-0.4, -0.2) is 12.1 Å². The highest BCUT2D eigenvalue weighted by Crippen LogP contribution is 2.42. The summed E-state index contributed by atoms with van der Waals surface area (Å²) in [5.74, 6) is 0.923. The minimum absolute atomic E-state index is 0.231. The number of H-pyrrole nitrogens is 1. The fourth-order valence-corrected chi connectivity index (χ4v) is 3.23. The van der Waals surface area contributed by atoms with Crippen molar-refractivity contribution >= 4 is 10.9 Å². The Labute approximate surface area is 107 Å². The Morgan fingerprint density at radius 1 is 1.17 bits per heavy atom. The third-order valence-corrected chi connectivity index (χ3v) is 4.16. The van der Waals surface area contributed by atoms with Gasteiger partial charge >= 0.3 is 0 Å². The second-order valence-corrected chi connectivity index (χ2v) is 5.30. The third kappa shape index (κ3) is 1.70. The Morgan fingerprint density at radius 3 is 2.67 bits per heavy atom. The number of aromatic nitrogens is 1. The Bertz CT molecular complexity index is 553. The van der Waals surface area contributed by atoms with E-state index in [9.17, 15) is 0 Å². The van der Waals surface area contributed by atoms with Gasteiger partial charge in [0.05, 0.1) is 7.11 Å². The average molecular weight is 244 g/mol. The van der Waals surface area contributed by atoms with Crippen LogP contribution in [0.3, 0.4) is 0 Å². The summed E-state index contributed by atoms with van der Waals surface area (Å²) in [5, 5.41) is 1.21. The molecule has 0 bridgehead atoms. The highest BCUT2D eigenvalue weighted by molar-refractivity contribution is 5.86. The zero-order valence-electron chi connectivity index (χ0n) is 10.8. The monoisotopic (exact) mass is 244 g/mol. The molecule has 3 nitrogen and oxygen atoms in total. The van der Waals surface area contributed by atoms with Gasteiger partial charge in [0.15, 0.2) is 0 Å². The molecule has 0 saturated heterocycles. The van der Waals surface area contributed by atoms with Crippen molar-refractivity contribution in [2.24, 2.45) is 5.73 Å². The molecule has 0 aliphatic heterocycles. The summed E-state index contributed by atoms with van der Waals surface area (Å²) in [6.07, 6.45) is 7.78. The van der Waals surface area contributed by atoms with E-state index < -0.39 is 0 Å². The first kappa shape index (κ1) is 11.6. The van der Waals surface area contributed by atoms with Gasteiger partial charge in [0.2, 0.25) is 0 Å². The number of hydrogen-bond donors (Lipinski definition) is 2. The van der Waals surface area contributed by atoms with Crippen molar-refractivity contribution in [2.75, 3.05) is 7.11 Å². The summed E-state index contributed by atoms with van der Waals surface area (Å²) in [4.78, 5) is 3.26. The van der Waals surface area contributed by atoms with Gasteiger partial charge in [0, 0.05) is 28.2 Å². The highest BCUT2D eigenvalue weighted by atomic mass is 16.5. The molecule has 1 aromatic heterocycles. The van der Waals surface area contributed by atoms with Gasteiger partial charge in [-0.1, -0.05) is 19.3 Å². The molecule has 1 aromatic carbocycles. The van der Waals surface area contributed by atoms with E-state index in [1.807, 2.05) is 12.3 Å². The molecule has 3 heteroatoms. The molecule has 3 rings (SSSR count). The van der Waals surface area contributed by atoms with Gasteiger partial charge < -0.3 is 15.5 Å². The van der Waals surface area contributed by atoms with Crippen molar-refractivity contribution in [3.05, 3.63) is 30.0 Å². The summed E-state index contributed by atoms with van der Waals surface area (Å²) in [5.41, 5.74) is 8.78. The Balaban J connectivity index is 2.21. The minimum Gasteiger partial charge on any atom is -0.496 e. The molecular weight excluding hydrogens is 224 g/mol. The van der Waals surface area contributed by atoms with Crippen molar-refractivity contribution in [3.63, 3.8) is 0 Å². The number of rotatable bonds is 2. The molecule has 18 heavy (non-hydrogen) atoms. The van der Waals surface area contributed by atoms with Crippen LogP contribution in [0.25, 0.3) is 10.9 Å². The number of ether oxygens (including phenoxy) is 1. The lowest BCUT2D eigenvalue weighted by molar-refractivity contribution is 0.291. The van der Waals surface area contributed by atoms with Crippen LogP contribution in [0.5, 0.6) is 5.75 Å². The SMILES string of the molecule is COc1ccc2[nH]ccc2c1C1(N)CCCCC1. The van der Waals surface area contributed by atoms with E-state index in [-0.39, 0.29) is 5.54 Å². The number of benzene rings is 1. The quantitative estimate of drug-likeness (QED) is 0.851. The molecule has 1 saturated carbocycles. The van der Waals surface area contributed by atoms with Gasteiger partial charge in [-0.05, 0) is 31.0 Å². The second-order valence-electron chi connectivity index (χ2n) is 5.30. The fraction of sp³-hybridized carbons (Fsp3) is 0.467. The first-order valence-electron chi connectivity index (χ1n) is 6.68. The standard InChI is InChI=1S/C15H20N2O/c1-18-13-6-5-12-11(7-10-17-12)14(13)15(16)8-3-2-4-9-15/h5-7,10,17H,2-4,8-9,16H2,1H3. The number of nitrogens with one attached hydrogen (secondary N) is 1. The summed E-state index contributed by atoms with van der Waals surface area (Å²) in [7, 11) is 1.73. The van der Waals surface area contributed by atoms with Gasteiger partial charge in [0.25, 0.3) is 0 Å². The van der Waals surface area contributed by atoms with E-state index in [2.05, 4.69) is 17.1 Å². The lowest BCUT2D eigenvalue weighted by atomic mass is 9.76. The molecule has 3 N–H and O–H groups in total. The Kier molecular flexibility index (Phi) is 2.78. The number of aromatic amines is 1. The molecule has 1 aliphatic carbocycles. The number of hydrogen-bond acceptors (Lipinski definition) is 2. The van der Waals surface area contributed by atoms with Crippen molar-refractivity contribution < 1.29 is 4.74 Å². The predicted molar refractivity (Wildman–Crippen MR) is 73.8 cm³/mol. The molecule has 1 aliphatic rings. The van der Waals surface area contributed by atoms with Crippen molar-refractivity contribution in [1.82, 2.24) is 4.98 Å². The number of methoxy groups -OCH3 is 1. The van der Waals surface area contributed by atoms with Gasteiger partial charge in [-0.3, -0.25) is 0 Å². The molecule has 0 spiro atoms. The van der Waals surface area contributed by atoms with E-state index in [4.69, 9.17) is 10.5 Å². The van der Waals surface area contributed by atoms with E-state index in [1.54, 1.807) is 7.11 Å². The Hall–Kier alpha value is -1.48. The summed E-state index contributed by atoms with van der Waals surface area (Å²) < 4.78 is 5.55. The van der Waals surface area contributed by atoms with E-state index >= 15 is 0 Å². The summed E-state index contributed by atoms with van der Waals surface area (Å²) >= 11 is 0. The molecule has 1 heterocycles. The van der Waals surface area contributed by atoms with Gasteiger partial charge in [-0.25, -0.2) is 0 Å². The third-order valence-electron chi connectivity index (χ3n) is 4.16. The van der Waals surface area contributed by atoms with Crippen LogP contribution in [0.2, 0.25) is 0 Å². The number of nitrogens with two attached hydrogens (primary N) is 1. The molecule has 0 radical (unpaired) electrons. The van der Waals surface area contributed by atoms with Crippen LogP contribution in [0.4, 0.5) is 0 Å². The van der Waals surface area contributed by atoms with Crippen LogP contribution < -0.4 is 10.5 Å². The maximum Gasteiger partial charge on any atom is 0.124 e. The highest BCUT2D eigenvalue weighted by Gasteiger charge is 2.33. The maximum absolute atomic E-state index is 6.69. The molecule has 0 amide bonds. The van der Waals surface area contributed by atoms with E-state index in [0.29, 0.717) is 0 Å². The number of fused-ring (bicyclic) bond motifs is 1. The smallest absolute Gasteiger partial charge is 0.124 e. The average Bonchev–Trinajstić information content (AvgIpc) is 2.86. The second kappa shape index (κ2) is 4.32. The molecule has 1 fully saturated rings. The van der Waals surface area contributed by atoms with Gasteiger partial charge in [-0.2, -0.15) is 0 Å².